The first-order chi connectivity index (χ1) is 14.4. The minimum absolute atomic E-state index is 0.0155. The standard InChI is InChI=1S/C23H24ClN3O3/c1-15(2)26-23(29)18-12-11-17(24)13-19(18)27-21(28)9-6-10-22-25-14-20(30-22)16-7-4-3-5-8-16/h3-5,7-8,11-15H,6,9-10H2,1-2H3,(H,26,29)(H,27,28). The van der Waals surface area contributed by atoms with Crippen LogP contribution in [0.15, 0.2) is 59.1 Å². The van der Waals surface area contributed by atoms with Gasteiger partial charge in [-0.2, -0.15) is 0 Å². The summed E-state index contributed by atoms with van der Waals surface area (Å²) in [5, 5.41) is 6.05. The number of benzene rings is 2. The van der Waals surface area contributed by atoms with Gasteiger partial charge in [0.05, 0.1) is 17.4 Å². The fraction of sp³-hybridized carbons (Fsp3) is 0.261. The Morgan fingerprint density at radius 1 is 1.13 bits per heavy atom. The number of rotatable bonds is 8. The molecule has 3 rings (SSSR count). The van der Waals surface area contributed by atoms with Crippen molar-refractivity contribution in [2.45, 2.75) is 39.2 Å². The van der Waals surface area contributed by atoms with E-state index >= 15 is 0 Å². The molecule has 30 heavy (non-hydrogen) atoms. The molecule has 0 aliphatic heterocycles. The number of aryl methyl sites for hydroxylation is 1. The Morgan fingerprint density at radius 2 is 1.90 bits per heavy atom. The van der Waals surface area contributed by atoms with Gasteiger partial charge in [0.25, 0.3) is 5.91 Å². The summed E-state index contributed by atoms with van der Waals surface area (Å²) in [5.74, 6) is 0.826. The first-order valence-electron chi connectivity index (χ1n) is 9.83. The van der Waals surface area contributed by atoms with E-state index in [4.69, 9.17) is 16.0 Å². The minimum Gasteiger partial charge on any atom is -0.441 e. The van der Waals surface area contributed by atoms with Crippen LogP contribution in [0.2, 0.25) is 5.02 Å². The van der Waals surface area contributed by atoms with E-state index in [0.29, 0.717) is 40.8 Å². The molecule has 3 aromatic rings. The molecule has 0 aliphatic rings. The summed E-state index contributed by atoms with van der Waals surface area (Å²) in [5.41, 5.74) is 1.73. The fourth-order valence-corrected chi connectivity index (χ4v) is 3.10. The molecule has 0 unspecified atom stereocenters. The highest BCUT2D eigenvalue weighted by Crippen LogP contribution is 2.23. The summed E-state index contributed by atoms with van der Waals surface area (Å²) >= 11 is 6.04. The van der Waals surface area contributed by atoms with Crippen LogP contribution < -0.4 is 10.6 Å². The van der Waals surface area contributed by atoms with Crippen molar-refractivity contribution in [1.29, 1.82) is 0 Å². The van der Waals surface area contributed by atoms with Crippen molar-refractivity contribution >= 4 is 29.1 Å². The number of nitrogens with zero attached hydrogens (tertiary/aromatic N) is 1. The Kier molecular flexibility index (Phi) is 7.25. The van der Waals surface area contributed by atoms with Crippen molar-refractivity contribution in [2.75, 3.05) is 5.32 Å². The third kappa shape index (κ3) is 5.94. The van der Waals surface area contributed by atoms with Gasteiger partial charge in [0.15, 0.2) is 11.7 Å². The highest BCUT2D eigenvalue weighted by Gasteiger charge is 2.15. The predicted octanol–water partition coefficient (Wildman–Crippen LogP) is 5.09. The summed E-state index contributed by atoms with van der Waals surface area (Å²) in [6.07, 6.45) is 3.06. The maximum absolute atomic E-state index is 12.4. The van der Waals surface area contributed by atoms with Gasteiger partial charge in [0, 0.05) is 29.5 Å². The molecule has 0 saturated carbocycles. The van der Waals surface area contributed by atoms with Gasteiger partial charge >= 0.3 is 0 Å². The number of hydrogen-bond acceptors (Lipinski definition) is 4. The Bertz CT molecular complexity index is 1020. The van der Waals surface area contributed by atoms with Gasteiger partial charge in [-0.05, 0) is 38.5 Å². The molecule has 1 heterocycles. The summed E-state index contributed by atoms with van der Waals surface area (Å²) in [7, 11) is 0. The maximum Gasteiger partial charge on any atom is 0.253 e. The van der Waals surface area contributed by atoms with Crippen molar-refractivity contribution < 1.29 is 14.0 Å². The Morgan fingerprint density at radius 3 is 2.63 bits per heavy atom. The van der Waals surface area contributed by atoms with Gasteiger partial charge in [0.1, 0.15) is 0 Å². The number of nitrogens with one attached hydrogen (secondary N) is 2. The third-order valence-electron chi connectivity index (χ3n) is 4.33. The van der Waals surface area contributed by atoms with Crippen molar-refractivity contribution in [3.63, 3.8) is 0 Å². The summed E-state index contributed by atoms with van der Waals surface area (Å²) in [6.45, 7) is 3.75. The first-order valence-corrected chi connectivity index (χ1v) is 10.2. The molecule has 2 aromatic carbocycles. The second-order valence-corrected chi connectivity index (χ2v) is 7.64. The number of carbonyl (C=O) groups excluding carboxylic acids is 2. The molecule has 0 saturated heterocycles. The predicted molar refractivity (Wildman–Crippen MR) is 118 cm³/mol. The lowest BCUT2D eigenvalue weighted by atomic mass is 10.1. The number of anilines is 1. The van der Waals surface area contributed by atoms with Crippen LogP contribution in [-0.4, -0.2) is 22.8 Å². The van der Waals surface area contributed by atoms with Gasteiger partial charge in [-0.3, -0.25) is 9.59 Å². The fourth-order valence-electron chi connectivity index (χ4n) is 2.93. The van der Waals surface area contributed by atoms with E-state index in [1.165, 1.54) is 0 Å². The molecule has 7 heteroatoms. The lowest BCUT2D eigenvalue weighted by Gasteiger charge is -2.13. The topological polar surface area (TPSA) is 84.2 Å². The maximum atomic E-state index is 12.4. The van der Waals surface area contributed by atoms with Gasteiger partial charge in [0.2, 0.25) is 5.91 Å². The molecule has 0 bridgehead atoms. The van der Waals surface area contributed by atoms with Crippen molar-refractivity contribution in [2.24, 2.45) is 0 Å². The number of hydrogen-bond donors (Lipinski definition) is 2. The smallest absolute Gasteiger partial charge is 0.253 e. The molecule has 0 aliphatic carbocycles. The quantitative estimate of drug-likeness (QED) is 0.526. The van der Waals surface area contributed by atoms with Gasteiger partial charge < -0.3 is 15.1 Å². The molecule has 0 fully saturated rings. The van der Waals surface area contributed by atoms with E-state index in [9.17, 15) is 9.59 Å². The zero-order valence-electron chi connectivity index (χ0n) is 16.9. The second-order valence-electron chi connectivity index (χ2n) is 7.20. The molecule has 1 aromatic heterocycles. The van der Waals surface area contributed by atoms with E-state index < -0.39 is 0 Å². The summed E-state index contributed by atoms with van der Waals surface area (Å²) in [6, 6.07) is 14.5. The highest BCUT2D eigenvalue weighted by molar-refractivity contribution is 6.31. The van der Waals surface area contributed by atoms with Crippen LogP contribution >= 0.6 is 11.6 Å². The lowest BCUT2D eigenvalue weighted by molar-refractivity contribution is -0.116. The molecule has 2 N–H and O–H groups in total. The van der Waals surface area contributed by atoms with E-state index in [0.717, 1.165) is 5.56 Å². The summed E-state index contributed by atoms with van der Waals surface area (Å²) < 4.78 is 5.76. The Labute approximate surface area is 180 Å². The Hall–Kier alpha value is -3.12. The van der Waals surface area contributed by atoms with Crippen molar-refractivity contribution in [3.8, 4) is 11.3 Å². The molecule has 2 amide bonds. The first kappa shape index (κ1) is 21.6. The van der Waals surface area contributed by atoms with Crippen LogP contribution in [0.5, 0.6) is 0 Å². The van der Waals surface area contributed by atoms with Crippen LogP contribution in [0.3, 0.4) is 0 Å². The van der Waals surface area contributed by atoms with Crippen LogP contribution in [0.1, 0.15) is 42.9 Å². The summed E-state index contributed by atoms with van der Waals surface area (Å²) in [4.78, 5) is 29.0. The SMILES string of the molecule is CC(C)NC(=O)c1ccc(Cl)cc1NC(=O)CCCc1ncc(-c2ccccc2)o1. The lowest BCUT2D eigenvalue weighted by Crippen LogP contribution is -2.31. The van der Waals surface area contributed by atoms with Crippen LogP contribution in [0.25, 0.3) is 11.3 Å². The molecular weight excluding hydrogens is 402 g/mol. The van der Waals surface area contributed by atoms with E-state index in [1.54, 1.807) is 24.4 Å². The van der Waals surface area contributed by atoms with E-state index in [1.807, 2.05) is 44.2 Å². The molecular formula is C23H24ClN3O3. The molecule has 0 atom stereocenters. The van der Waals surface area contributed by atoms with Gasteiger partial charge in [-0.15, -0.1) is 0 Å². The zero-order chi connectivity index (χ0) is 21.5. The number of halogens is 1. The minimum atomic E-state index is -0.259. The van der Waals surface area contributed by atoms with Crippen LogP contribution in [0.4, 0.5) is 5.69 Å². The van der Waals surface area contributed by atoms with Crippen molar-refractivity contribution in [3.05, 3.63) is 71.2 Å². The van der Waals surface area contributed by atoms with E-state index in [2.05, 4.69) is 15.6 Å². The molecule has 0 radical (unpaired) electrons. The van der Waals surface area contributed by atoms with Crippen LogP contribution in [0, 0.1) is 0 Å². The zero-order valence-corrected chi connectivity index (χ0v) is 17.7. The Balaban J connectivity index is 1.56. The van der Waals surface area contributed by atoms with Crippen LogP contribution in [-0.2, 0) is 11.2 Å². The molecule has 0 spiro atoms. The van der Waals surface area contributed by atoms with E-state index in [-0.39, 0.29) is 24.3 Å². The molecule has 6 nitrogen and oxygen atoms in total. The van der Waals surface area contributed by atoms with Gasteiger partial charge in [-0.1, -0.05) is 41.9 Å². The third-order valence-corrected chi connectivity index (χ3v) is 4.56. The average molecular weight is 426 g/mol. The molecule has 156 valence electrons. The van der Waals surface area contributed by atoms with Gasteiger partial charge in [-0.25, -0.2) is 4.98 Å². The number of carbonyl (C=O) groups is 2. The largest absolute Gasteiger partial charge is 0.441 e. The second kappa shape index (κ2) is 10.1. The number of amides is 2. The number of oxazole rings is 1. The van der Waals surface area contributed by atoms with Crippen molar-refractivity contribution in [1.82, 2.24) is 10.3 Å². The normalized spacial score (nSPS) is 10.8. The monoisotopic (exact) mass is 425 g/mol. The number of aromatic nitrogens is 1. The average Bonchev–Trinajstić information content (AvgIpc) is 3.17. The highest BCUT2D eigenvalue weighted by atomic mass is 35.5.